The molecule has 0 atom stereocenters. The van der Waals surface area contributed by atoms with Crippen molar-refractivity contribution < 1.29 is 14.3 Å². The molecule has 150 valence electrons. The molecule has 3 heterocycles. The highest BCUT2D eigenvalue weighted by Gasteiger charge is 2.14. The summed E-state index contributed by atoms with van der Waals surface area (Å²) in [4.78, 5) is 25.7. The van der Waals surface area contributed by atoms with Gasteiger partial charge < -0.3 is 19.4 Å². The number of H-pyrrole nitrogens is 1. The van der Waals surface area contributed by atoms with E-state index in [-0.39, 0.29) is 5.97 Å². The van der Waals surface area contributed by atoms with Crippen molar-refractivity contribution in [2.45, 2.75) is 11.6 Å². The molecule has 4 rings (SSSR count). The molecule has 29 heavy (non-hydrogen) atoms. The number of anilines is 1. The lowest BCUT2D eigenvalue weighted by molar-refractivity contribution is -0.140. The van der Waals surface area contributed by atoms with Crippen LogP contribution >= 0.6 is 23.4 Å². The number of ether oxygens (including phenoxy) is 2. The van der Waals surface area contributed by atoms with Crippen molar-refractivity contribution in [1.82, 2.24) is 15.0 Å². The zero-order chi connectivity index (χ0) is 20.2. The van der Waals surface area contributed by atoms with Gasteiger partial charge in [0.2, 0.25) is 0 Å². The average molecular weight is 431 g/mol. The molecule has 1 aliphatic heterocycles. The summed E-state index contributed by atoms with van der Waals surface area (Å²) in [5.74, 6) is 0.322. The van der Waals surface area contributed by atoms with Crippen LogP contribution in [-0.4, -0.2) is 60.1 Å². The number of hydrogen-bond donors (Lipinski definition) is 1. The highest BCUT2D eigenvalue weighted by molar-refractivity contribution is 7.99. The van der Waals surface area contributed by atoms with Crippen LogP contribution in [0.3, 0.4) is 0 Å². The van der Waals surface area contributed by atoms with Gasteiger partial charge in [0, 0.05) is 18.8 Å². The molecule has 0 amide bonds. The summed E-state index contributed by atoms with van der Waals surface area (Å²) in [5.41, 5.74) is 3.67. The number of rotatable bonds is 6. The van der Waals surface area contributed by atoms with Crippen molar-refractivity contribution in [3.05, 3.63) is 35.4 Å². The molecule has 0 spiro atoms. The van der Waals surface area contributed by atoms with Crippen molar-refractivity contribution >= 4 is 46.2 Å². The van der Waals surface area contributed by atoms with Crippen molar-refractivity contribution in [2.75, 3.05) is 44.1 Å². The molecular formula is C20H19ClN4O3S. The van der Waals surface area contributed by atoms with E-state index in [9.17, 15) is 4.79 Å². The van der Waals surface area contributed by atoms with Crippen LogP contribution in [0.2, 0.25) is 5.02 Å². The van der Waals surface area contributed by atoms with Crippen LogP contribution in [0.5, 0.6) is 0 Å². The maximum Gasteiger partial charge on any atom is 0.306 e. The van der Waals surface area contributed by atoms with E-state index in [1.165, 1.54) is 18.9 Å². The predicted octanol–water partition coefficient (Wildman–Crippen LogP) is 3.37. The van der Waals surface area contributed by atoms with Gasteiger partial charge >= 0.3 is 5.97 Å². The number of carbonyl (C=O) groups is 1. The van der Waals surface area contributed by atoms with E-state index in [0.29, 0.717) is 33.7 Å². The molecule has 3 aromatic rings. The summed E-state index contributed by atoms with van der Waals surface area (Å²) in [6.45, 7) is 3.13. The molecule has 0 bridgehead atoms. The number of aromatic nitrogens is 3. The number of nitrogens with zero attached hydrogens (tertiary/aromatic N) is 3. The first-order chi connectivity index (χ1) is 14.1. The largest absolute Gasteiger partial charge is 0.469 e. The summed E-state index contributed by atoms with van der Waals surface area (Å²) < 4.78 is 10.0. The van der Waals surface area contributed by atoms with Crippen molar-refractivity contribution in [2.24, 2.45) is 0 Å². The minimum Gasteiger partial charge on any atom is -0.469 e. The molecule has 1 saturated heterocycles. The summed E-state index contributed by atoms with van der Waals surface area (Å²) in [6, 6.07) is 12.1. The van der Waals surface area contributed by atoms with Crippen LogP contribution in [0.1, 0.15) is 6.42 Å². The Bertz CT molecular complexity index is 1000. The van der Waals surface area contributed by atoms with Gasteiger partial charge in [0.15, 0.2) is 10.8 Å². The minimum absolute atomic E-state index is 0.246. The third-order valence-corrected chi connectivity index (χ3v) is 5.68. The van der Waals surface area contributed by atoms with Crippen LogP contribution in [0.4, 0.5) is 5.69 Å². The van der Waals surface area contributed by atoms with Gasteiger partial charge in [0.05, 0.1) is 54.2 Å². The second-order valence-corrected chi connectivity index (χ2v) is 7.88. The van der Waals surface area contributed by atoms with E-state index < -0.39 is 0 Å². The predicted molar refractivity (Wildman–Crippen MR) is 112 cm³/mol. The third-order valence-electron chi connectivity index (χ3n) is 4.52. The van der Waals surface area contributed by atoms with Gasteiger partial charge in [-0.05, 0) is 24.3 Å². The van der Waals surface area contributed by atoms with E-state index in [1.807, 2.05) is 12.1 Å². The molecule has 1 aliphatic rings. The van der Waals surface area contributed by atoms with Gasteiger partial charge in [-0.25, -0.2) is 9.97 Å². The molecule has 1 aromatic carbocycles. The topological polar surface area (TPSA) is 80.3 Å². The van der Waals surface area contributed by atoms with Gasteiger partial charge in [-0.3, -0.25) is 4.79 Å². The number of nitrogens with one attached hydrogen (secondary N) is 1. The Hall–Kier alpha value is -2.47. The maximum absolute atomic E-state index is 11.2. The second kappa shape index (κ2) is 8.91. The van der Waals surface area contributed by atoms with Crippen molar-refractivity contribution in [1.29, 1.82) is 0 Å². The quantitative estimate of drug-likeness (QED) is 0.474. The zero-order valence-corrected chi connectivity index (χ0v) is 17.4. The van der Waals surface area contributed by atoms with Gasteiger partial charge in [0.1, 0.15) is 0 Å². The van der Waals surface area contributed by atoms with Crippen LogP contribution in [0.25, 0.3) is 22.4 Å². The summed E-state index contributed by atoms with van der Waals surface area (Å²) in [7, 11) is 1.38. The lowest BCUT2D eigenvalue weighted by atomic mass is 10.1. The number of esters is 1. The Labute approximate surface area is 177 Å². The SMILES string of the molecule is COC(=O)CCSc1nc2nc(-c3c#cc(N4CCOCC4)cc3)c(Cl)cc2[nH]1. The monoisotopic (exact) mass is 430 g/mol. The number of hydrogen-bond acceptors (Lipinski definition) is 7. The Kier molecular flexibility index (Phi) is 6.09. The molecule has 9 heteroatoms. The normalized spacial score (nSPS) is 14.1. The molecule has 1 N–H and O–H groups in total. The summed E-state index contributed by atoms with van der Waals surface area (Å²) in [6.07, 6.45) is 0.317. The number of methoxy groups -OCH3 is 1. The highest BCUT2D eigenvalue weighted by Crippen LogP contribution is 2.29. The summed E-state index contributed by atoms with van der Waals surface area (Å²) >= 11 is 7.90. The fourth-order valence-corrected chi connectivity index (χ4v) is 4.04. The zero-order valence-electron chi connectivity index (χ0n) is 15.8. The van der Waals surface area contributed by atoms with Gasteiger partial charge in [-0.15, -0.1) is 0 Å². The molecular weight excluding hydrogens is 412 g/mol. The van der Waals surface area contributed by atoms with Crippen molar-refractivity contribution in [3.63, 3.8) is 0 Å². The van der Waals surface area contributed by atoms with Crippen LogP contribution in [-0.2, 0) is 14.3 Å². The number of imidazole rings is 1. The Balaban J connectivity index is 1.52. The fraction of sp³-hybridized carbons (Fsp3) is 0.350. The van der Waals surface area contributed by atoms with E-state index in [1.54, 1.807) is 6.07 Å². The van der Waals surface area contributed by atoms with Gasteiger partial charge in [0.25, 0.3) is 0 Å². The molecule has 7 nitrogen and oxygen atoms in total. The lowest BCUT2D eigenvalue weighted by Gasteiger charge is -2.27. The smallest absolute Gasteiger partial charge is 0.306 e. The summed E-state index contributed by atoms with van der Waals surface area (Å²) in [5, 5.41) is 1.19. The Morgan fingerprint density at radius 2 is 2.17 bits per heavy atom. The number of thioether (sulfide) groups is 1. The lowest BCUT2D eigenvalue weighted by Crippen LogP contribution is -2.36. The van der Waals surface area contributed by atoms with Gasteiger partial charge in [-0.2, -0.15) is 0 Å². The Morgan fingerprint density at radius 3 is 2.90 bits per heavy atom. The number of carbonyl (C=O) groups excluding carboxylic acids is 1. The minimum atomic E-state index is -0.246. The number of morpholine rings is 1. The van der Waals surface area contributed by atoms with E-state index in [2.05, 4.69) is 36.7 Å². The molecule has 0 radical (unpaired) electrons. The standard InChI is InChI=1S/C20H19ClN4O3S/c1-27-17(26)6-11-29-20-22-16-12-15(21)18(23-19(16)24-20)13-2-4-14(5-3-13)25-7-9-28-10-8-25/h2,4,12H,6-11H2,1H3,(H,22,23,24). The second-order valence-electron chi connectivity index (χ2n) is 6.39. The van der Waals surface area contributed by atoms with Crippen LogP contribution in [0.15, 0.2) is 23.4 Å². The Morgan fingerprint density at radius 1 is 1.34 bits per heavy atom. The average Bonchev–Trinajstić information content (AvgIpc) is 3.15. The van der Waals surface area contributed by atoms with Gasteiger partial charge in [-0.1, -0.05) is 29.4 Å². The number of halogens is 1. The molecule has 0 aliphatic carbocycles. The first-order valence-electron chi connectivity index (χ1n) is 9.17. The first-order valence-corrected chi connectivity index (χ1v) is 10.5. The van der Waals surface area contributed by atoms with Crippen LogP contribution < -0.4 is 4.90 Å². The van der Waals surface area contributed by atoms with E-state index >= 15 is 0 Å². The molecule has 0 saturated carbocycles. The van der Waals surface area contributed by atoms with Crippen LogP contribution in [0, 0.1) is 12.1 Å². The molecule has 0 unspecified atom stereocenters. The van der Waals surface area contributed by atoms with E-state index in [4.69, 9.17) is 16.3 Å². The fourth-order valence-electron chi connectivity index (χ4n) is 2.99. The van der Waals surface area contributed by atoms with Crippen molar-refractivity contribution in [3.8, 4) is 11.3 Å². The number of aromatic amines is 1. The third kappa shape index (κ3) is 4.58. The first kappa shape index (κ1) is 19.8. The molecule has 1 fully saturated rings. The maximum atomic E-state index is 11.2. The number of pyridine rings is 1. The van der Waals surface area contributed by atoms with E-state index in [0.717, 1.165) is 43.1 Å². The molecule has 2 aromatic heterocycles. The highest BCUT2D eigenvalue weighted by atomic mass is 35.5. The number of fused-ring (bicyclic) bond motifs is 1.